The minimum absolute atomic E-state index is 0.0565. The van der Waals surface area contributed by atoms with E-state index in [0.717, 1.165) is 33.4 Å². The molecule has 0 saturated heterocycles. The van der Waals surface area contributed by atoms with Crippen molar-refractivity contribution in [1.82, 2.24) is 5.32 Å². The van der Waals surface area contributed by atoms with Gasteiger partial charge in [0.15, 0.2) is 5.60 Å². The molecule has 5 nitrogen and oxygen atoms in total. The normalized spacial score (nSPS) is 16.3. The Morgan fingerprint density at radius 2 is 1.27 bits per heavy atom. The predicted octanol–water partition coefficient (Wildman–Crippen LogP) is 11.3. The number of benzene rings is 5. The molecule has 0 aromatic heterocycles. The molecule has 266 valence electrons. The maximum absolute atomic E-state index is 14.1. The molecule has 52 heavy (non-hydrogen) atoms. The monoisotopic (exact) mass is 711 g/mol. The number of rotatable bonds is 10. The third kappa shape index (κ3) is 7.52. The van der Waals surface area contributed by atoms with Crippen LogP contribution < -0.4 is 5.32 Å². The molecule has 1 saturated carbocycles. The minimum Gasteiger partial charge on any atom is -0.449 e. The van der Waals surface area contributed by atoms with Crippen LogP contribution in [0.4, 0.5) is 4.79 Å². The fourth-order valence-electron chi connectivity index (χ4n) is 8.20. The second kappa shape index (κ2) is 16.2. The van der Waals surface area contributed by atoms with Crippen LogP contribution in [0.1, 0.15) is 104 Å². The van der Waals surface area contributed by atoms with E-state index in [4.69, 9.17) is 21.1 Å². The summed E-state index contributed by atoms with van der Waals surface area (Å²) in [4.78, 5) is 27.2. The van der Waals surface area contributed by atoms with Crippen molar-refractivity contribution in [2.24, 2.45) is 0 Å². The van der Waals surface area contributed by atoms with Gasteiger partial charge < -0.3 is 14.8 Å². The molecule has 2 aliphatic carbocycles. The number of amides is 1. The first-order valence-electron chi connectivity index (χ1n) is 18.7. The highest BCUT2D eigenvalue weighted by atomic mass is 35.5. The summed E-state index contributed by atoms with van der Waals surface area (Å²) >= 11 is 6.94. The zero-order chi connectivity index (χ0) is 35.9. The van der Waals surface area contributed by atoms with Crippen LogP contribution in [0.15, 0.2) is 127 Å². The van der Waals surface area contributed by atoms with Gasteiger partial charge in [-0.3, -0.25) is 4.79 Å². The predicted molar refractivity (Wildman–Crippen MR) is 208 cm³/mol. The molecule has 1 N–H and O–H groups in total. The lowest BCUT2D eigenvalue weighted by molar-refractivity contribution is -0.154. The smallest absolute Gasteiger partial charge is 0.407 e. The second-order valence-electron chi connectivity index (χ2n) is 14.2. The van der Waals surface area contributed by atoms with Crippen molar-refractivity contribution in [2.75, 3.05) is 6.61 Å². The Morgan fingerprint density at radius 1 is 0.712 bits per heavy atom. The minimum atomic E-state index is -1.32. The number of carbonyl (C=O) groups excluding carboxylic acids is 2. The molecule has 1 unspecified atom stereocenters. The van der Waals surface area contributed by atoms with E-state index in [1.165, 1.54) is 50.5 Å². The summed E-state index contributed by atoms with van der Waals surface area (Å²) in [5, 5.41) is 3.36. The van der Waals surface area contributed by atoms with E-state index < -0.39 is 23.7 Å². The quantitative estimate of drug-likeness (QED) is 0.116. The summed E-state index contributed by atoms with van der Waals surface area (Å²) in [6.07, 6.45) is 8.16. The molecule has 0 radical (unpaired) electrons. The van der Waals surface area contributed by atoms with E-state index in [9.17, 15) is 9.59 Å². The lowest BCUT2D eigenvalue weighted by atomic mass is 9.78. The fraction of sp³-hybridized carbons (Fsp3) is 0.304. The van der Waals surface area contributed by atoms with E-state index in [0.29, 0.717) is 16.5 Å². The number of fused-ring (bicyclic) bond motifs is 3. The number of carbonyl (C=O) groups is 2. The molecule has 5 aromatic carbocycles. The average molecular weight is 712 g/mol. The van der Waals surface area contributed by atoms with Gasteiger partial charge in [0.05, 0.1) is 6.42 Å². The topological polar surface area (TPSA) is 64.6 Å². The van der Waals surface area contributed by atoms with E-state index in [1.54, 1.807) is 6.92 Å². The fourth-order valence-corrected chi connectivity index (χ4v) is 8.47. The lowest BCUT2D eigenvalue weighted by Gasteiger charge is -2.36. The SMILES string of the molecule is C[C@@H](CC(=O)OC(c1ccccc1)(c1ccc(C2CCCCCCC2)cc1)c1ccccc1Cl)NC(=O)OCC1c2ccccc2-c2ccccc21. The molecule has 0 spiro atoms. The van der Waals surface area contributed by atoms with Gasteiger partial charge in [0.2, 0.25) is 0 Å². The average Bonchev–Trinajstić information content (AvgIpc) is 3.47. The Bertz CT molecular complexity index is 1940. The van der Waals surface area contributed by atoms with Crippen LogP contribution in [-0.4, -0.2) is 24.7 Å². The molecular weight excluding hydrogens is 666 g/mol. The zero-order valence-corrected chi connectivity index (χ0v) is 30.5. The van der Waals surface area contributed by atoms with Crippen molar-refractivity contribution in [3.63, 3.8) is 0 Å². The summed E-state index contributed by atoms with van der Waals surface area (Å²) < 4.78 is 12.4. The van der Waals surface area contributed by atoms with Gasteiger partial charge in [0.25, 0.3) is 0 Å². The van der Waals surface area contributed by atoms with Crippen LogP contribution in [0.2, 0.25) is 5.02 Å². The van der Waals surface area contributed by atoms with Crippen molar-refractivity contribution in [1.29, 1.82) is 0 Å². The van der Waals surface area contributed by atoms with Crippen LogP contribution in [0.5, 0.6) is 0 Å². The van der Waals surface area contributed by atoms with E-state index >= 15 is 0 Å². The van der Waals surface area contributed by atoms with Crippen molar-refractivity contribution in [3.05, 3.63) is 166 Å². The lowest BCUT2D eigenvalue weighted by Crippen LogP contribution is -2.39. The summed E-state index contributed by atoms with van der Waals surface area (Å²) in [5.41, 5.74) is 6.88. The first-order chi connectivity index (χ1) is 25.4. The molecule has 1 fully saturated rings. The first kappa shape index (κ1) is 35.5. The first-order valence-corrected chi connectivity index (χ1v) is 19.1. The van der Waals surface area contributed by atoms with Gasteiger partial charge in [0.1, 0.15) is 6.61 Å². The molecule has 6 heteroatoms. The summed E-state index contributed by atoms with van der Waals surface area (Å²) in [7, 11) is 0. The van der Waals surface area contributed by atoms with Gasteiger partial charge in [-0.2, -0.15) is 0 Å². The highest BCUT2D eigenvalue weighted by Crippen LogP contribution is 2.46. The van der Waals surface area contributed by atoms with Crippen molar-refractivity contribution in [2.45, 2.75) is 81.8 Å². The molecule has 1 amide bonds. The maximum Gasteiger partial charge on any atom is 0.407 e. The van der Waals surface area contributed by atoms with Gasteiger partial charge in [-0.1, -0.05) is 165 Å². The summed E-state index contributed by atoms with van der Waals surface area (Å²) in [6.45, 7) is 1.98. The molecule has 7 rings (SSSR count). The Balaban J connectivity index is 1.10. The van der Waals surface area contributed by atoms with Gasteiger partial charge in [-0.05, 0) is 59.6 Å². The summed E-state index contributed by atoms with van der Waals surface area (Å²) in [6, 6.07) is 41.8. The Hall–Kier alpha value is -4.87. The third-order valence-corrected chi connectivity index (χ3v) is 11.1. The van der Waals surface area contributed by atoms with Crippen LogP contribution >= 0.6 is 11.6 Å². The number of hydrogen-bond acceptors (Lipinski definition) is 4. The molecule has 2 atom stereocenters. The Labute approximate surface area is 312 Å². The molecular formula is C46H46ClNO4. The number of nitrogens with one attached hydrogen (secondary N) is 1. The van der Waals surface area contributed by atoms with E-state index in [1.807, 2.05) is 78.9 Å². The van der Waals surface area contributed by atoms with Crippen LogP contribution in [0.3, 0.4) is 0 Å². The number of ether oxygens (including phenoxy) is 2. The Kier molecular flexibility index (Phi) is 11.1. The van der Waals surface area contributed by atoms with Crippen LogP contribution in [0, 0.1) is 0 Å². The molecule has 2 aliphatic rings. The third-order valence-electron chi connectivity index (χ3n) is 10.8. The standard InChI is InChI=1S/C46H46ClNO4/c1-32(48-45(50)51-31-41-39-22-12-10-20-37(39)38-21-11-13-23-40(38)41)30-44(49)52-46(35-18-8-5-9-19-35,42-24-14-15-25-43(42)47)36-28-26-34(27-29-36)33-16-6-3-2-4-7-17-33/h5,8-15,18-29,32-33,41H,2-4,6-7,16-17,30-31H2,1H3,(H,48,50)/t32-,46?/m0/s1. The van der Waals surface area contributed by atoms with E-state index in [2.05, 4.69) is 53.8 Å². The number of hydrogen-bond donors (Lipinski definition) is 1. The second-order valence-corrected chi connectivity index (χ2v) is 14.6. The van der Waals surface area contributed by atoms with E-state index in [-0.39, 0.29) is 18.9 Å². The molecule has 0 aliphatic heterocycles. The molecule has 0 bridgehead atoms. The van der Waals surface area contributed by atoms with Gasteiger partial charge in [-0.15, -0.1) is 0 Å². The van der Waals surface area contributed by atoms with Gasteiger partial charge in [-0.25, -0.2) is 4.79 Å². The summed E-state index contributed by atoms with van der Waals surface area (Å²) in [5.74, 6) is -0.00790. The number of alkyl carbamates (subject to hydrolysis) is 1. The highest BCUT2D eigenvalue weighted by molar-refractivity contribution is 6.31. The van der Waals surface area contributed by atoms with Gasteiger partial charge in [0, 0.05) is 33.7 Å². The van der Waals surface area contributed by atoms with Crippen molar-refractivity contribution >= 4 is 23.7 Å². The largest absolute Gasteiger partial charge is 0.449 e. The Morgan fingerprint density at radius 3 is 1.92 bits per heavy atom. The van der Waals surface area contributed by atoms with Crippen LogP contribution in [0.25, 0.3) is 11.1 Å². The zero-order valence-electron chi connectivity index (χ0n) is 29.7. The number of halogens is 1. The van der Waals surface area contributed by atoms with Gasteiger partial charge >= 0.3 is 12.1 Å². The maximum atomic E-state index is 14.1. The van der Waals surface area contributed by atoms with Crippen LogP contribution in [-0.2, 0) is 19.9 Å². The molecule has 0 heterocycles. The van der Waals surface area contributed by atoms with Crippen molar-refractivity contribution < 1.29 is 19.1 Å². The molecule has 5 aromatic rings. The number of esters is 1. The highest BCUT2D eigenvalue weighted by Gasteiger charge is 2.42. The van der Waals surface area contributed by atoms with Crippen molar-refractivity contribution in [3.8, 4) is 11.1 Å².